The second-order valence-corrected chi connectivity index (χ2v) is 14.6. The first-order valence-corrected chi connectivity index (χ1v) is 18.4. The standard InChI is InChI=1S/2C12H26.2H3O3PS.Zn/c2*1-4-5-6-7-8-9-10-11-12(2)3;2*1-4(2,3)5;/h2*12H,4-11H2,1-3H3;2*(H3,1,2,3,5);. The quantitative estimate of drug-likeness (QED) is 0.0576. The van der Waals surface area contributed by atoms with Crippen molar-refractivity contribution in [2.75, 3.05) is 0 Å². The molecule has 0 aromatic heterocycles. The van der Waals surface area contributed by atoms with Gasteiger partial charge in [-0.05, 0) is 35.4 Å². The first kappa shape index (κ1) is 46.5. The van der Waals surface area contributed by atoms with Crippen LogP contribution in [0.25, 0.3) is 0 Å². The van der Waals surface area contributed by atoms with Crippen molar-refractivity contribution >= 4 is 37.1 Å². The molecule has 214 valence electrons. The minimum atomic E-state index is -3.81. The Morgan fingerprint density at radius 1 is 0.457 bits per heavy atom. The van der Waals surface area contributed by atoms with Crippen molar-refractivity contribution in [2.45, 2.75) is 144 Å². The fourth-order valence-corrected chi connectivity index (χ4v) is 3.02. The maximum Gasteiger partial charge on any atom is 0.319 e. The third kappa shape index (κ3) is 104. The van der Waals surface area contributed by atoms with Crippen molar-refractivity contribution in [3.8, 4) is 0 Å². The first-order chi connectivity index (χ1) is 15.5. The maximum absolute atomic E-state index is 7.56. The zero-order valence-corrected chi connectivity index (χ0v) is 30.0. The van der Waals surface area contributed by atoms with E-state index in [4.69, 9.17) is 29.4 Å². The maximum atomic E-state index is 7.56. The van der Waals surface area contributed by atoms with Crippen LogP contribution in [-0.4, -0.2) is 29.4 Å². The van der Waals surface area contributed by atoms with E-state index in [2.05, 4.69) is 65.2 Å². The largest absolute Gasteiger partial charge is 0.325 e. The van der Waals surface area contributed by atoms with Crippen molar-refractivity contribution < 1.29 is 48.8 Å². The summed E-state index contributed by atoms with van der Waals surface area (Å²) in [5.41, 5.74) is 0. The SMILES string of the molecule is CCCCCCCCCC(C)C.CCCCCCCCCC(C)C.OP(O)(O)=S.OP(O)(O)=S.[Zn]. The van der Waals surface area contributed by atoms with Gasteiger partial charge >= 0.3 is 13.4 Å². The molecule has 0 spiro atoms. The fourth-order valence-electron chi connectivity index (χ4n) is 3.02. The summed E-state index contributed by atoms with van der Waals surface area (Å²) in [5.74, 6) is 1.81. The Morgan fingerprint density at radius 2 is 0.629 bits per heavy atom. The van der Waals surface area contributed by atoms with Gasteiger partial charge in [-0.2, -0.15) is 0 Å². The number of unbranched alkanes of at least 4 members (excludes halogenated alkanes) is 12. The van der Waals surface area contributed by atoms with Crippen molar-refractivity contribution in [1.82, 2.24) is 0 Å². The second-order valence-electron chi connectivity index (χ2n) is 9.63. The molecule has 11 heteroatoms. The van der Waals surface area contributed by atoms with Crippen LogP contribution in [0.2, 0.25) is 0 Å². The Balaban J connectivity index is -0.000000122. The molecule has 0 bridgehead atoms. The van der Waals surface area contributed by atoms with Gasteiger partial charge in [0.05, 0.1) is 0 Å². The van der Waals surface area contributed by atoms with E-state index in [1.54, 1.807) is 0 Å². The number of hydrogen-bond acceptors (Lipinski definition) is 2. The Kier molecular flexibility index (Phi) is 44.8. The molecular weight excluding hydrogens is 576 g/mol. The van der Waals surface area contributed by atoms with Crippen molar-refractivity contribution in [1.29, 1.82) is 0 Å². The van der Waals surface area contributed by atoms with E-state index in [9.17, 15) is 0 Å². The number of rotatable bonds is 16. The van der Waals surface area contributed by atoms with Crippen LogP contribution in [0.5, 0.6) is 0 Å². The molecule has 0 amide bonds. The van der Waals surface area contributed by atoms with Gasteiger partial charge in [0.25, 0.3) is 0 Å². The van der Waals surface area contributed by atoms with Crippen molar-refractivity contribution in [3.63, 3.8) is 0 Å². The van der Waals surface area contributed by atoms with E-state index in [0.29, 0.717) is 0 Å². The number of hydrogen-bond donors (Lipinski definition) is 6. The zero-order valence-electron chi connectivity index (χ0n) is 23.6. The Bertz CT molecular complexity index is 416. The molecule has 0 aliphatic carbocycles. The van der Waals surface area contributed by atoms with E-state index in [1.807, 2.05) is 0 Å². The van der Waals surface area contributed by atoms with Crippen LogP contribution >= 0.6 is 13.4 Å². The molecule has 0 saturated carbocycles. The zero-order chi connectivity index (χ0) is 27.5. The third-order valence-corrected chi connectivity index (χ3v) is 4.77. The van der Waals surface area contributed by atoms with E-state index >= 15 is 0 Å². The summed E-state index contributed by atoms with van der Waals surface area (Å²) >= 11 is 7.21. The van der Waals surface area contributed by atoms with Crippen LogP contribution in [0.4, 0.5) is 0 Å². The normalized spacial score (nSPS) is 10.9. The monoisotopic (exact) mass is 632 g/mol. The molecule has 0 rings (SSSR count). The van der Waals surface area contributed by atoms with E-state index in [0.717, 1.165) is 11.8 Å². The van der Waals surface area contributed by atoms with Gasteiger partial charge < -0.3 is 29.4 Å². The molecule has 35 heavy (non-hydrogen) atoms. The molecule has 0 heterocycles. The summed E-state index contributed by atoms with van der Waals surface area (Å²) in [6.45, 7) is 6.21. The summed E-state index contributed by atoms with van der Waals surface area (Å²) < 4.78 is 0. The van der Waals surface area contributed by atoms with Crippen LogP contribution < -0.4 is 0 Å². The molecule has 0 fully saturated rings. The molecule has 0 aromatic rings. The summed E-state index contributed by atoms with van der Waals surface area (Å²) in [6.07, 6.45) is 23.0. The Hall–Kier alpha value is 1.68. The molecule has 0 aromatic carbocycles. The molecular formula is C24H58O6P2S2Zn. The van der Waals surface area contributed by atoms with Gasteiger partial charge in [-0.1, -0.05) is 144 Å². The van der Waals surface area contributed by atoms with Crippen LogP contribution in [0.15, 0.2) is 0 Å². The predicted octanol–water partition coefficient (Wildman–Crippen LogP) is 7.94. The van der Waals surface area contributed by atoms with E-state index < -0.39 is 13.4 Å². The van der Waals surface area contributed by atoms with Crippen LogP contribution in [0.3, 0.4) is 0 Å². The summed E-state index contributed by atoms with van der Waals surface area (Å²) in [7, 11) is 0. The molecule has 6 N–H and O–H groups in total. The van der Waals surface area contributed by atoms with Gasteiger partial charge in [-0.15, -0.1) is 0 Å². The molecule has 0 aliphatic heterocycles. The minimum Gasteiger partial charge on any atom is -0.325 e. The van der Waals surface area contributed by atoms with Crippen LogP contribution in [0, 0.1) is 11.8 Å². The molecule has 0 unspecified atom stereocenters. The Labute approximate surface area is 241 Å². The Morgan fingerprint density at radius 3 is 0.800 bits per heavy atom. The summed E-state index contributed by atoms with van der Waals surface area (Å²) in [6, 6.07) is 0. The average Bonchev–Trinajstić information content (AvgIpc) is 2.64. The second kappa shape index (κ2) is 33.7. The van der Waals surface area contributed by atoms with Gasteiger partial charge in [0.1, 0.15) is 0 Å². The van der Waals surface area contributed by atoms with Gasteiger partial charge in [0.2, 0.25) is 0 Å². The third-order valence-electron chi connectivity index (χ3n) is 4.77. The van der Waals surface area contributed by atoms with Gasteiger partial charge in [-0.25, -0.2) is 0 Å². The van der Waals surface area contributed by atoms with Crippen molar-refractivity contribution in [3.05, 3.63) is 0 Å². The van der Waals surface area contributed by atoms with Crippen LogP contribution in [0.1, 0.15) is 144 Å². The fraction of sp³-hybridized carbons (Fsp3) is 1.00. The van der Waals surface area contributed by atoms with Crippen LogP contribution in [-0.2, 0) is 43.1 Å². The van der Waals surface area contributed by atoms with E-state index in [-0.39, 0.29) is 19.5 Å². The summed E-state index contributed by atoms with van der Waals surface area (Å²) in [5, 5.41) is 0. The van der Waals surface area contributed by atoms with Gasteiger partial charge in [0, 0.05) is 19.5 Å². The van der Waals surface area contributed by atoms with Gasteiger partial charge in [0.15, 0.2) is 0 Å². The molecule has 6 nitrogen and oxygen atoms in total. The average molecular weight is 634 g/mol. The smallest absolute Gasteiger partial charge is 0.319 e. The van der Waals surface area contributed by atoms with E-state index in [1.165, 1.54) is 103 Å². The summed E-state index contributed by atoms with van der Waals surface area (Å²) in [4.78, 5) is 45.3. The predicted molar refractivity (Wildman–Crippen MR) is 157 cm³/mol. The van der Waals surface area contributed by atoms with Gasteiger partial charge in [-0.3, -0.25) is 0 Å². The first-order valence-electron chi connectivity index (χ1n) is 13.1. The minimum absolute atomic E-state index is 0. The molecule has 0 saturated heterocycles. The molecule has 0 radical (unpaired) electrons. The molecule has 0 atom stereocenters. The molecule has 0 aliphatic rings. The topological polar surface area (TPSA) is 121 Å². The van der Waals surface area contributed by atoms with Crippen molar-refractivity contribution in [2.24, 2.45) is 11.8 Å².